The minimum atomic E-state index is -2.06. The summed E-state index contributed by atoms with van der Waals surface area (Å²) in [5, 5.41) is 0.624. The van der Waals surface area contributed by atoms with Gasteiger partial charge in [0.25, 0.3) is 0 Å². The minimum absolute atomic E-state index is 0.189. The van der Waals surface area contributed by atoms with Crippen LogP contribution in [-0.2, 0) is 11.8 Å². The van der Waals surface area contributed by atoms with Crippen LogP contribution in [0.1, 0.15) is 16.4 Å². The summed E-state index contributed by atoms with van der Waals surface area (Å²) in [5.74, 6) is 0. The van der Waals surface area contributed by atoms with Gasteiger partial charge in [-0.25, -0.2) is 0 Å². The molecule has 0 aromatic heterocycles. The van der Waals surface area contributed by atoms with Gasteiger partial charge in [-0.05, 0) is 21.7 Å². The zero-order chi connectivity index (χ0) is 19.2. The van der Waals surface area contributed by atoms with Crippen LogP contribution in [-0.4, -0.2) is 0 Å². The van der Waals surface area contributed by atoms with Gasteiger partial charge in [0.1, 0.15) is 0 Å². The fraction of sp³-hybridized carbons (Fsp3) is 0.0400. The molecule has 0 nitrogen and oxygen atoms in total. The number of hydrogen-bond acceptors (Lipinski definition) is 2. The molecule has 0 saturated carbocycles. The second kappa shape index (κ2) is 8.92. The quantitative estimate of drug-likeness (QED) is 0.327. The van der Waals surface area contributed by atoms with E-state index < -0.39 is 5.24 Å². The summed E-state index contributed by atoms with van der Waals surface area (Å²) in [5.41, 5.74) is 2.58. The molecule has 4 aromatic carbocycles. The van der Waals surface area contributed by atoms with Crippen molar-refractivity contribution in [2.45, 2.75) is 5.25 Å². The molecule has 0 N–H and O–H groups in total. The molecule has 0 aliphatic heterocycles. The highest BCUT2D eigenvalue weighted by Crippen LogP contribution is 2.63. The molecule has 0 amide bonds. The van der Waals surface area contributed by atoms with Crippen molar-refractivity contribution >= 4 is 39.0 Å². The first-order valence-corrected chi connectivity index (χ1v) is 13.6. The van der Waals surface area contributed by atoms with Crippen molar-refractivity contribution in [1.82, 2.24) is 0 Å². The highest BCUT2D eigenvalue weighted by Gasteiger charge is 2.29. The second-order valence-electron chi connectivity index (χ2n) is 6.53. The van der Waals surface area contributed by atoms with Crippen LogP contribution in [0, 0.1) is 0 Å². The summed E-state index contributed by atoms with van der Waals surface area (Å²) in [7, 11) is 0. The lowest BCUT2D eigenvalue weighted by molar-refractivity contribution is 1.16. The third-order valence-electron chi connectivity index (χ3n) is 4.65. The summed E-state index contributed by atoms with van der Waals surface area (Å²) in [6.45, 7) is 0. The molecular formula is C25H21PS2. The SMILES string of the molecule is S=P(SC(c1ccccc1)c1ccccc1)(c1ccccc1)c1ccccc1. The molecule has 0 radical (unpaired) electrons. The van der Waals surface area contributed by atoms with Crippen molar-refractivity contribution in [3.05, 3.63) is 132 Å². The molecule has 0 atom stereocenters. The molecule has 0 heterocycles. The molecule has 0 spiro atoms. The standard InChI is InChI=1S/C25H21PS2/c27-26(23-17-9-3-10-18-23,24-19-11-4-12-20-24)28-25(21-13-5-1-6-14-21)22-15-7-2-8-16-22/h1-20,25H. The lowest BCUT2D eigenvalue weighted by Crippen LogP contribution is -2.14. The predicted molar refractivity (Wildman–Crippen MR) is 129 cm³/mol. The van der Waals surface area contributed by atoms with Crippen LogP contribution in [0.4, 0.5) is 0 Å². The Morgan fingerprint density at radius 2 is 0.821 bits per heavy atom. The third-order valence-corrected chi connectivity index (χ3v) is 12.5. The maximum absolute atomic E-state index is 6.49. The van der Waals surface area contributed by atoms with Crippen LogP contribution in [0.2, 0.25) is 0 Å². The first-order valence-electron chi connectivity index (χ1n) is 9.27. The van der Waals surface area contributed by atoms with E-state index in [4.69, 9.17) is 11.8 Å². The molecule has 0 unspecified atom stereocenters. The van der Waals surface area contributed by atoms with Gasteiger partial charge >= 0.3 is 0 Å². The summed E-state index contributed by atoms with van der Waals surface area (Å²) in [6, 6.07) is 42.7. The van der Waals surface area contributed by atoms with Crippen LogP contribution >= 0.6 is 16.6 Å². The van der Waals surface area contributed by atoms with E-state index in [1.807, 2.05) is 11.4 Å². The van der Waals surface area contributed by atoms with E-state index in [0.717, 1.165) is 0 Å². The Balaban J connectivity index is 1.85. The zero-order valence-corrected chi connectivity index (χ0v) is 17.9. The molecule has 0 bridgehead atoms. The van der Waals surface area contributed by atoms with E-state index in [1.165, 1.54) is 21.7 Å². The van der Waals surface area contributed by atoms with Gasteiger partial charge in [0.05, 0.1) is 10.5 Å². The van der Waals surface area contributed by atoms with Crippen molar-refractivity contribution in [3.63, 3.8) is 0 Å². The number of rotatable bonds is 6. The lowest BCUT2D eigenvalue weighted by atomic mass is 10.0. The summed E-state index contributed by atoms with van der Waals surface area (Å²) < 4.78 is 0. The maximum Gasteiger partial charge on any atom is 0.0622 e. The van der Waals surface area contributed by atoms with Crippen molar-refractivity contribution in [2.75, 3.05) is 0 Å². The number of hydrogen-bond donors (Lipinski definition) is 0. The molecule has 0 saturated heterocycles. The first kappa shape index (κ1) is 19.2. The second-order valence-corrected chi connectivity index (χ2v) is 14.0. The van der Waals surface area contributed by atoms with E-state index in [9.17, 15) is 0 Å². The Morgan fingerprint density at radius 3 is 1.18 bits per heavy atom. The highest BCUT2D eigenvalue weighted by molar-refractivity contribution is 8.75. The molecule has 0 aliphatic rings. The molecule has 0 aliphatic carbocycles. The average molecular weight is 417 g/mol. The lowest BCUT2D eigenvalue weighted by Gasteiger charge is -2.28. The van der Waals surface area contributed by atoms with Gasteiger partial charge in [0, 0.05) is 0 Å². The molecule has 138 valence electrons. The monoisotopic (exact) mass is 416 g/mol. The van der Waals surface area contributed by atoms with Gasteiger partial charge in [-0.1, -0.05) is 133 Å². The van der Waals surface area contributed by atoms with Crippen LogP contribution in [0.25, 0.3) is 0 Å². The van der Waals surface area contributed by atoms with Gasteiger partial charge in [-0.3, -0.25) is 0 Å². The van der Waals surface area contributed by atoms with Gasteiger partial charge < -0.3 is 0 Å². The van der Waals surface area contributed by atoms with E-state index in [-0.39, 0.29) is 5.25 Å². The Kier molecular flexibility index (Phi) is 6.12. The van der Waals surface area contributed by atoms with E-state index in [0.29, 0.717) is 0 Å². The topological polar surface area (TPSA) is 0 Å². The molecule has 0 fully saturated rings. The minimum Gasteiger partial charge on any atom is -0.102 e. The predicted octanol–water partition coefficient (Wildman–Crippen LogP) is 6.55. The fourth-order valence-electron chi connectivity index (χ4n) is 3.24. The molecular weight excluding hydrogens is 395 g/mol. The van der Waals surface area contributed by atoms with Crippen molar-refractivity contribution < 1.29 is 0 Å². The molecule has 4 aromatic rings. The van der Waals surface area contributed by atoms with Crippen molar-refractivity contribution in [3.8, 4) is 0 Å². The van der Waals surface area contributed by atoms with Crippen LogP contribution in [0.15, 0.2) is 121 Å². The van der Waals surface area contributed by atoms with Crippen LogP contribution in [0.3, 0.4) is 0 Å². The van der Waals surface area contributed by atoms with Gasteiger partial charge in [0.15, 0.2) is 0 Å². The highest BCUT2D eigenvalue weighted by atomic mass is 32.9. The van der Waals surface area contributed by atoms with E-state index in [1.54, 1.807) is 0 Å². The molecule has 4 rings (SSSR count). The van der Waals surface area contributed by atoms with Gasteiger partial charge in [0.2, 0.25) is 0 Å². The van der Waals surface area contributed by atoms with Crippen LogP contribution < -0.4 is 10.6 Å². The largest absolute Gasteiger partial charge is 0.102 e. The summed E-state index contributed by atoms with van der Waals surface area (Å²) in [6.07, 6.45) is 0. The van der Waals surface area contributed by atoms with Crippen molar-refractivity contribution in [1.29, 1.82) is 0 Å². The van der Waals surface area contributed by atoms with Crippen LogP contribution in [0.5, 0.6) is 0 Å². The third kappa shape index (κ3) is 4.15. The Hall–Kier alpha value is -2.12. The summed E-state index contributed by atoms with van der Waals surface area (Å²) >= 11 is 8.42. The Morgan fingerprint density at radius 1 is 0.500 bits per heavy atom. The molecule has 3 heteroatoms. The normalized spacial score (nSPS) is 11.5. The van der Waals surface area contributed by atoms with E-state index in [2.05, 4.69) is 121 Å². The average Bonchev–Trinajstić information content (AvgIpc) is 2.80. The Labute approximate surface area is 176 Å². The van der Waals surface area contributed by atoms with Gasteiger partial charge in [-0.2, -0.15) is 0 Å². The smallest absolute Gasteiger partial charge is 0.0622 e. The Bertz CT molecular complexity index is 966. The molecule has 28 heavy (non-hydrogen) atoms. The number of benzene rings is 4. The van der Waals surface area contributed by atoms with E-state index >= 15 is 0 Å². The summed E-state index contributed by atoms with van der Waals surface area (Å²) in [4.78, 5) is 0. The van der Waals surface area contributed by atoms with Crippen molar-refractivity contribution in [2.24, 2.45) is 0 Å². The maximum atomic E-state index is 6.49. The van der Waals surface area contributed by atoms with Gasteiger partial charge in [-0.15, -0.1) is 11.4 Å². The fourth-order valence-corrected chi connectivity index (χ4v) is 10.3. The first-order chi connectivity index (χ1) is 13.8. The zero-order valence-electron chi connectivity index (χ0n) is 15.4.